The average Bonchev–Trinajstić information content (AvgIpc) is 3.37. The molecule has 4 rings (SSSR count). The number of nitro groups is 1. The van der Waals surface area contributed by atoms with E-state index in [2.05, 4.69) is 10.6 Å². The molecular weight excluding hydrogens is 392 g/mol. The number of nitrogens with zero attached hydrogens (tertiary/aromatic N) is 2. The maximum absolute atomic E-state index is 12.4. The molecule has 0 aliphatic carbocycles. The molecule has 0 bridgehead atoms. The van der Waals surface area contributed by atoms with Gasteiger partial charge in [-0.2, -0.15) is 0 Å². The first kappa shape index (κ1) is 19.5. The average molecular weight is 412 g/mol. The second kappa shape index (κ2) is 8.27. The molecule has 2 aromatic rings. The van der Waals surface area contributed by atoms with E-state index in [0.29, 0.717) is 36.8 Å². The maximum Gasteiger partial charge on any atom is 0.269 e. The van der Waals surface area contributed by atoms with Crippen LogP contribution in [0.1, 0.15) is 6.42 Å². The molecule has 10 heteroatoms. The number of benzene rings is 2. The van der Waals surface area contributed by atoms with Gasteiger partial charge in [-0.25, -0.2) is 0 Å². The van der Waals surface area contributed by atoms with Crippen LogP contribution >= 0.6 is 0 Å². The van der Waals surface area contributed by atoms with Crippen LogP contribution in [-0.4, -0.2) is 43.2 Å². The van der Waals surface area contributed by atoms with Crippen molar-refractivity contribution in [3.63, 3.8) is 0 Å². The molecule has 2 N–H and O–H groups in total. The fourth-order valence-electron chi connectivity index (χ4n) is 3.42. The highest BCUT2D eigenvalue weighted by molar-refractivity contribution is 6.00. The summed E-state index contributed by atoms with van der Waals surface area (Å²) in [6.45, 7) is 1.28. The topological polar surface area (TPSA) is 123 Å². The van der Waals surface area contributed by atoms with Crippen molar-refractivity contribution in [2.45, 2.75) is 6.42 Å². The van der Waals surface area contributed by atoms with Gasteiger partial charge in [-0.15, -0.1) is 0 Å². The molecule has 2 heterocycles. The number of nitro benzene ring substituents is 1. The van der Waals surface area contributed by atoms with Crippen molar-refractivity contribution in [3.05, 3.63) is 52.6 Å². The third-order valence-corrected chi connectivity index (χ3v) is 5.00. The number of non-ortho nitro benzene ring substituents is 1. The lowest BCUT2D eigenvalue weighted by Crippen LogP contribution is -2.35. The molecule has 1 unspecified atom stereocenters. The van der Waals surface area contributed by atoms with Crippen LogP contribution in [0.4, 0.5) is 17.1 Å². The van der Waals surface area contributed by atoms with Crippen molar-refractivity contribution >= 4 is 28.9 Å². The van der Waals surface area contributed by atoms with E-state index in [-0.39, 0.29) is 30.7 Å². The fraction of sp³-hybridized carbons (Fsp3) is 0.300. The Hall–Kier alpha value is -3.82. The minimum Gasteiger partial charge on any atom is -0.454 e. The first-order valence-electron chi connectivity index (χ1n) is 9.47. The predicted octanol–water partition coefficient (Wildman–Crippen LogP) is 1.90. The van der Waals surface area contributed by atoms with Crippen molar-refractivity contribution in [2.24, 2.45) is 5.92 Å². The third-order valence-electron chi connectivity index (χ3n) is 5.00. The first-order valence-corrected chi connectivity index (χ1v) is 9.47. The van der Waals surface area contributed by atoms with Gasteiger partial charge in [0, 0.05) is 55.6 Å². The Morgan fingerprint density at radius 3 is 2.67 bits per heavy atom. The lowest BCUT2D eigenvalue weighted by atomic mass is 10.1. The molecular formula is C20H20N4O6. The summed E-state index contributed by atoms with van der Waals surface area (Å²) in [5.41, 5.74) is 1.42. The lowest BCUT2D eigenvalue weighted by Gasteiger charge is -2.17. The van der Waals surface area contributed by atoms with Gasteiger partial charge in [0.15, 0.2) is 11.5 Å². The molecule has 30 heavy (non-hydrogen) atoms. The number of anilines is 2. The number of fused-ring (bicyclic) bond motifs is 1. The monoisotopic (exact) mass is 412 g/mol. The van der Waals surface area contributed by atoms with Crippen molar-refractivity contribution in [1.82, 2.24) is 5.32 Å². The molecule has 0 radical (unpaired) electrons. The zero-order valence-corrected chi connectivity index (χ0v) is 16.0. The van der Waals surface area contributed by atoms with Crippen LogP contribution in [0.3, 0.4) is 0 Å². The van der Waals surface area contributed by atoms with Crippen molar-refractivity contribution < 1.29 is 24.0 Å². The number of hydrogen-bond donors (Lipinski definition) is 2. The number of carbonyl (C=O) groups excluding carboxylic acids is 2. The number of rotatable bonds is 7. The quantitative estimate of drug-likeness (QED) is 0.404. The standard InChI is InChI=1S/C20H20N4O6/c25-19-9-13(11-23(19)16-5-6-17-18(10-16)30-12-29-17)20(26)22-8-7-21-14-1-3-15(4-2-14)24(27)28/h1-6,10,13,21H,7-9,11-12H2,(H,22,26). The molecule has 2 amide bonds. The predicted molar refractivity (Wildman–Crippen MR) is 108 cm³/mol. The number of amides is 2. The Morgan fingerprint density at radius 1 is 1.13 bits per heavy atom. The lowest BCUT2D eigenvalue weighted by molar-refractivity contribution is -0.384. The second-order valence-corrected chi connectivity index (χ2v) is 6.96. The van der Waals surface area contributed by atoms with E-state index in [4.69, 9.17) is 9.47 Å². The van der Waals surface area contributed by atoms with Crippen molar-refractivity contribution in [1.29, 1.82) is 0 Å². The number of carbonyl (C=O) groups is 2. The van der Waals surface area contributed by atoms with E-state index in [1.807, 2.05) is 0 Å². The second-order valence-electron chi connectivity index (χ2n) is 6.96. The largest absolute Gasteiger partial charge is 0.454 e. The van der Waals surface area contributed by atoms with E-state index in [9.17, 15) is 19.7 Å². The van der Waals surface area contributed by atoms with Gasteiger partial charge in [0.25, 0.3) is 5.69 Å². The smallest absolute Gasteiger partial charge is 0.269 e. The Morgan fingerprint density at radius 2 is 1.90 bits per heavy atom. The van der Waals surface area contributed by atoms with Crippen LogP contribution in [0.25, 0.3) is 0 Å². The summed E-state index contributed by atoms with van der Waals surface area (Å²) >= 11 is 0. The number of hydrogen-bond acceptors (Lipinski definition) is 7. The summed E-state index contributed by atoms with van der Waals surface area (Å²) in [6, 6.07) is 11.3. The Bertz CT molecular complexity index is 978. The Labute approximate surface area is 171 Å². The summed E-state index contributed by atoms with van der Waals surface area (Å²) in [7, 11) is 0. The minimum absolute atomic E-state index is 0.0202. The van der Waals surface area contributed by atoms with Gasteiger partial charge in [0.05, 0.1) is 10.8 Å². The number of ether oxygens (including phenoxy) is 2. The van der Waals surface area contributed by atoms with E-state index >= 15 is 0 Å². The highest BCUT2D eigenvalue weighted by Gasteiger charge is 2.35. The van der Waals surface area contributed by atoms with E-state index in [1.165, 1.54) is 12.1 Å². The number of nitrogens with one attached hydrogen (secondary N) is 2. The molecule has 156 valence electrons. The minimum atomic E-state index is -0.459. The van der Waals surface area contributed by atoms with Gasteiger partial charge in [-0.3, -0.25) is 19.7 Å². The van der Waals surface area contributed by atoms with Gasteiger partial charge in [0.1, 0.15) is 0 Å². The Balaban J connectivity index is 1.25. The third kappa shape index (κ3) is 4.12. The summed E-state index contributed by atoms with van der Waals surface area (Å²) in [6.07, 6.45) is 0.149. The highest BCUT2D eigenvalue weighted by Crippen LogP contribution is 2.37. The molecule has 1 fully saturated rings. The first-order chi connectivity index (χ1) is 14.5. The van der Waals surface area contributed by atoms with Crippen LogP contribution in [0.2, 0.25) is 0 Å². The van der Waals surface area contributed by atoms with E-state index < -0.39 is 10.8 Å². The molecule has 0 aromatic heterocycles. The maximum atomic E-state index is 12.4. The molecule has 0 spiro atoms. The summed E-state index contributed by atoms with van der Waals surface area (Å²) in [4.78, 5) is 36.6. The van der Waals surface area contributed by atoms with Gasteiger partial charge >= 0.3 is 0 Å². The summed E-state index contributed by atoms with van der Waals surface area (Å²) in [5, 5.41) is 16.6. The van der Waals surface area contributed by atoms with Crippen LogP contribution < -0.4 is 25.0 Å². The van der Waals surface area contributed by atoms with E-state index in [0.717, 1.165) is 5.69 Å². The van der Waals surface area contributed by atoms with Crippen LogP contribution in [0, 0.1) is 16.0 Å². The molecule has 2 aliphatic heterocycles. The van der Waals surface area contributed by atoms with Gasteiger partial charge in [0.2, 0.25) is 18.6 Å². The molecule has 10 nitrogen and oxygen atoms in total. The molecule has 2 aromatic carbocycles. The SMILES string of the molecule is O=C(NCCNc1ccc([N+](=O)[O-])cc1)C1CC(=O)N(c2ccc3c(c2)OCO3)C1. The van der Waals surface area contributed by atoms with Gasteiger partial charge in [-0.1, -0.05) is 0 Å². The zero-order valence-electron chi connectivity index (χ0n) is 16.0. The van der Waals surface area contributed by atoms with Crippen molar-refractivity contribution in [3.8, 4) is 11.5 Å². The normalized spacial score (nSPS) is 17.1. The van der Waals surface area contributed by atoms with E-state index in [1.54, 1.807) is 35.2 Å². The van der Waals surface area contributed by atoms with Crippen LogP contribution in [0.5, 0.6) is 11.5 Å². The summed E-state index contributed by atoms with van der Waals surface area (Å²) in [5.74, 6) is 0.503. The molecule has 1 saturated heterocycles. The molecule has 2 aliphatic rings. The van der Waals surface area contributed by atoms with Gasteiger partial charge < -0.3 is 25.0 Å². The highest BCUT2D eigenvalue weighted by atomic mass is 16.7. The van der Waals surface area contributed by atoms with Crippen LogP contribution in [-0.2, 0) is 9.59 Å². The zero-order chi connectivity index (χ0) is 21.1. The fourth-order valence-corrected chi connectivity index (χ4v) is 3.42. The summed E-state index contributed by atoms with van der Waals surface area (Å²) < 4.78 is 10.6. The molecule has 1 atom stereocenters. The van der Waals surface area contributed by atoms with Crippen LogP contribution in [0.15, 0.2) is 42.5 Å². The van der Waals surface area contributed by atoms with Gasteiger partial charge in [-0.05, 0) is 24.3 Å². The van der Waals surface area contributed by atoms with Crippen molar-refractivity contribution in [2.75, 3.05) is 36.6 Å². The molecule has 0 saturated carbocycles. The Kier molecular flexibility index (Phi) is 5.38.